The molecule has 0 aromatic carbocycles. The zero-order valence-corrected chi connectivity index (χ0v) is 21.6. The molecule has 0 aliphatic heterocycles. The topological polar surface area (TPSA) is 9.23 Å². The molecule has 0 heterocycles. The Bertz CT molecular complexity index is 689. The van der Waals surface area contributed by atoms with Gasteiger partial charge in [-0.05, 0) is 110 Å². The van der Waals surface area contributed by atoms with Crippen LogP contribution in [0.1, 0.15) is 99.3 Å². The molecule has 4 aliphatic rings. The molecule has 0 radical (unpaired) electrons. The van der Waals surface area contributed by atoms with Crippen molar-refractivity contribution in [2.24, 2.45) is 52.3 Å². The van der Waals surface area contributed by atoms with Gasteiger partial charge in [-0.25, -0.2) is 0 Å². The van der Waals surface area contributed by atoms with Gasteiger partial charge in [0, 0.05) is 7.11 Å². The fourth-order valence-corrected chi connectivity index (χ4v) is 9.01. The summed E-state index contributed by atoms with van der Waals surface area (Å²) in [4.78, 5) is 0. The van der Waals surface area contributed by atoms with Crippen molar-refractivity contribution < 1.29 is 4.74 Å². The first-order chi connectivity index (χ1) is 14.7. The first-order valence-corrected chi connectivity index (χ1v) is 13.6. The molecule has 0 aromatic rings. The number of hydrogen-bond donors (Lipinski definition) is 0. The number of ether oxygens (including phenoxy) is 1. The molecule has 0 amide bonds. The summed E-state index contributed by atoms with van der Waals surface area (Å²) in [7, 11) is 1.91. The maximum Gasteiger partial charge on any atom is 0.0608 e. The lowest BCUT2D eigenvalue weighted by molar-refractivity contribution is -0.0572. The standard InChI is InChI=1S/C30H50O/c1-8-22(20(2)3)10-9-21(4)26-13-14-27-25-12-11-23-19-24(31-7)15-17-29(23,5)28(25)16-18-30(26,27)6/h9-11,20-22,24-28H,8,12-19H2,1-7H3/t21-,22+,24+,25+,26-,27?,28?,29+,30-/m1/s1. The van der Waals surface area contributed by atoms with Crippen LogP contribution in [0.15, 0.2) is 23.8 Å². The Morgan fingerprint density at radius 2 is 1.81 bits per heavy atom. The van der Waals surface area contributed by atoms with Gasteiger partial charge in [-0.3, -0.25) is 0 Å². The average Bonchev–Trinajstić information content (AvgIpc) is 3.10. The van der Waals surface area contributed by atoms with Gasteiger partial charge in [0.25, 0.3) is 0 Å². The van der Waals surface area contributed by atoms with E-state index in [0.717, 1.165) is 41.4 Å². The van der Waals surface area contributed by atoms with Gasteiger partial charge in [0.05, 0.1) is 6.10 Å². The van der Waals surface area contributed by atoms with Crippen LogP contribution >= 0.6 is 0 Å². The van der Waals surface area contributed by atoms with Crippen molar-refractivity contribution in [3.8, 4) is 0 Å². The molecule has 31 heavy (non-hydrogen) atoms. The van der Waals surface area contributed by atoms with Gasteiger partial charge in [0.1, 0.15) is 0 Å². The molecule has 0 bridgehead atoms. The Balaban J connectivity index is 1.51. The Morgan fingerprint density at radius 3 is 2.48 bits per heavy atom. The lowest BCUT2D eigenvalue weighted by Gasteiger charge is -2.58. The van der Waals surface area contributed by atoms with E-state index in [-0.39, 0.29) is 0 Å². The summed E-state index contributed by atoms with van der Waals surface area (Å²) in [5.74, 6) is 5.88. The third-order valence-electron chi connectivity index (χ3n) is 11.1. The van der Waals surface area contributed by atoms with Gasteiger partial charge >= 0.3 is 0 Å². The van der Waals surface area contributed by atoms with E-state index in [0.29, 0.717) is 16.9 Å². The number of methoxy groups -OCH3 is 1. The van der Waals surface area contributed by atoms with E-state index in [1.165, 1.54) is 57.8 Å². The molecule has 3 fully saturated rings. The van der Waals surface area contributed by atoms with Crippen LogP contribution in [-0.2, 0) is 4.74 Å². The van der Waals surface area contributed by atoms with Gasteiger partial charge < -0.3 is 4.74 Å². The summed E-state index contributed by atoms with van der Waals surface area (Å²) in [5.41, 5.74) is 2.75. The van der Waals surface area contributed by atoms with E-state index in [2.05, 4.69) is 59.8 Å². The summed E-state index contributed by atoms with van der Waals surface area (Å²) in [5, 5.41) is 0. The van der Waals surface area contributed by atoms with Crippen molar-refractivity contribution in [1.29, 1.82) is 0 Å². The van der Waals surface area contributed by atoms with E-state index in [4.69, 9.17) is 4.74 Å². The first-order valence-electron chi connectivity index (χ1n) is 13.6. The highest BCUT2D eigenvalue weighted by Gasteiger charge is 2.59. The maximum absolute atomic E-state index is 5.76. The highest BCUT2D eigenvalue weighted by atomic mass is 16.5. The molecule has 3 saturated carbocycles. The summed E-state index contributed by atoms with van der Waals surface area (Å²) in [6.45, 7) is 14.9. The van der Waals surface area contributed by atoms with E-state index < -0.39 is 0 Å². The SMILES string of the molecule is CC[C@@H](C=C[C@@H](C)[C@H]1CCC2[C@@H]3CC=C4C[C@@H](OC)CC[C@]4(C)C3CC[C@@]21C)C(C)C. The van der Waals surface area contributed by atoms with Crippen molar-refractivity contribution in [3.63, 3.8) is 0 Å². The van der Waals surface area contributed by atoms with Crippen LogP contribution < -0.4 is 0 Å². The molecule has 0 N–H and O–H groups in total. The van der Waals surface area contributed by atoms with Crippen LogP contribution in [0.2, 0.25) is 0 Å². The third-order valence-corrected chi connectivity index (χ3v) is 11.1. The maximum atomic E-state index is 5.76. The highest BCUT2D eigenvalue weighted by molar-refractivity contribution is 5.25. The molecule has 9 atom stereocenters. The largest absolute Gasteiger partial charge is 0.381 e. The van der Waals surface area contributed by atoms with Crippen LogP contribution in [0.3, 0.4) is 0 Å². The second-order valence-corrected chi connectivity index (χ2v) is 12.6. The molecule has 2 unspecified atom stereocenters. The van der Waals surface area contributed by atoms with Crippen LogP contribution in [-0.4, -0.2) is 13.2 Å². The van der Waals surface area contributed by atoms with E-state index >= 15 is 0 Å². The number of fused-ring (bicyclic) bond motifs is 5. The molecular formula is C30H50O. The zero-order valence-electron chi connectivity index (χ0n) is 21.6. The van der Waals surface area contributed by atoms with Crippen LogP contribution in [0, 0.1) is 52.3 Å². The summed E-state index contributed by atoms with van der Waals surface area (Å²) in [6.07, 6.45) is 20.6. The molecule has 0 saturated heterocycles. The minimum atomic E-state index is 0.453. The molecule has 176 valence electrons. The van der Waals surface area contributed by atoms with Crippen molar-refractivity contribution in [2.45, 2.75) is 105 Å². The second kappa shape index (κ2) is 9.00. The van der Waals surface area contributed by atoms with Gasteiger partial charge in [-0.2, -0.15) is 0 Å². The predicted molar refractivity (Wildman–Crippen MR) is 133 cm³/mol. The lowest BCUT2D eigenvalue weighted by Crippen LogP contribution is -2.50. The quantitative estimate of drug-likeness (QED) is 0.387. The average molecular weight is 427 g/mol. The third kappa shape index (κ3) is 4.00. The minimum absolute atomic E-state index is 0.453. The number of allylic oxidation sites excluding steroid dienone is 3. The van der Waals surface area contributed by atoms with Crippen molar-refractivity contribution in [3.05, 3.63) is 23.8 Å². The van der Waals surface area contributed by atoms with Crippen molar-refractivity contribution in [2.75, 3.05) is 7.11 Å². The Hall–Kier alpha value is -0.560. The fourth-order valence-electron chi connectivity index (χ4n) is 9.01. The van der Waals surface area contributed by atoms with Gasteiger partial charge in [0.15, 0.2) is 0 Å². The lowest BCUT2D eigenvalue weighted by atomic mass is 9.47. The molecule has 4 rings (SSSR count). The normalized spacial score (nSPS) is 44.5. The van der Waals surface area contributed by atoms with Crippen LogP contribution in [0.4, 0.5) is 0 Å². The second-order valence-electron chi connectivity index (χ2n) is 12.6. The smallest absolute Gasteiger partial charge is 0.0608 e. The van der Waals surface area contributed by atoms with Crippen molar-refractivity contribution >= 4 is 0 Å². The molecule has 4 aliphatic carbocycles. The van der Waals surface area contributed by atoms with Crippen LogP contribution in [0.25, 0.3) is 0 Å². The fraction of sp³-hybridized carbons (Fsp3) is 0.867. The monoisotopic (exact) mass is 426 g/mol. The van der Waals surface area contributed by atoms with E-state index in [1.54, 1.807) is 5.57 Å². The Morgan fingerprint density at radius 1 is 1.03 bits per heavy atom. The van der Waals surface area contributed by atoms with Gasteiger partial charge in [0.2, 0.25) is 0 Å². The highest BCUT2D eigenvalue weighted by Crippen LogP contribution is 2.67. The summed E-state index contributed by atoms with van der Waals surface area (Å²) < 4.78 is 5.76. The number of rotatable bonds is 6. The first kappa shape index (κ1) is 23.6. The van der Waals surface area contributed by atoms with Crippen LogP contribution in [0.5, 0.6) is 0 Å². The molecular weight excluding hydrogens is 376 g/mol. The molecule has 1 nitrogen and oxygen atoms in total. The zero-order chi connectivity index (χ0) is 22.4. The molecule has 0 aromatic heterocycles. The van der Waals surface area contributed by atoms with E-state index in [9.17, 15) is 0 Å². The Labute approximate surface area is 193 Å². The molecule has 1 heteroatoms. The summed E-state index contributed by atoms with van der Waals surface area (Å²) >= 11 is 0. The predicted octanol–water partition coefficient (Wildman–Crippen LogP) is 8.45. The Kier molecular flexibility index (Phi) is 6.85. The van der Waals surface area contributed by atoms with E-state index in [1.807, 2.05) is 7.11 Å². The molecule has 0 spiro atoms. The summed E-state index contributed by atoms with van der Waals surface area (Å²) in [6, 6.07) is 0. The number of hydrogen-bond acceptors (Lipinski definition) is 1. The van der Waals surface area contributed by atoms with Crippen molar-refractivity contribution in [1.82, 2.24) is 0 Å². The van der Waals surface area contributed by atoms with Gasteiger partial charge in [-0.15, -0.1) is 0 Å². The van der Waals surface area contributed by atoms with Gasteiger partial charge in [-0.1, -0.05) is 65.3 Å². The minimum Gasteiger partial charge on any atom is -0.381 e.